The summed E-state index contributed by atoms with van der Waals surface area (Å²) in [4.78, 5) is 0. The number of benzene rings is 7. The molecule has 9 rings (SSSR count). The van der Waals surface area contributed by atoms with Gasteiger partial charge in [-0.2, -0.15) is 0 Å². The summed E-state index contributed by atoms with van der Waals surface area (Å²) in [6.45, 7) is 10.6. The Morgan fingerprint density at radius 1 is 0.418 bits per heavy atom. The fourth-order valence-electron chi connectivity index (χ4n) is 8.52. The molecule has 0 atom stereocenters. The van der Waals surface area contributed by atoms with E-state index in [1.54, 1.807) is 38.5 Å². The van der Waals surface area contributed by atoms with Crippen molar-refractivity contribution in [3.05, 3.63) is 197 Å². The molecule has 0 fully saturated rings. The Morgan fingerprint density at radius 2 is 0.866 bits per heavy atom. The number of fused-ring (bicyclic) bond motifs is 2. The van der Waals surface area contributed by atoms with Crippen molar-refractivity contribution in [2.24, 2.45) is 0 Å². The Hall–Kier alpha value is -7.46. The van der Waals surface area contributed by atoms with Gasteiger partial charge in [-0.25, -0.2) is 0 Å². The Balaban J connectivity index is 0.000000186. The molecule has 9 nitrogen and oxygen atoms in total. The highest BCUT2D eigenvalue weighted by atomic mass is 16.5. The minimum atomic E-state index is 0.237. The smallest absolute Gasteiger partial charge is 0.119 e. The fraction of sp³-hybridized carbons (Fsp3) is 0.207. The molecule has 0 saturated heterocycles. The number of methoxy groups -OCH3 is 2. The zero-order chi connectivity index (χ0) is 46.7. The van der Waals surface area contributed by atoms with Crippen molar-refractivity contribution in [2.45, 2.75) is 40.5 Å². The molecule has 0 aliphatic rings. The first-order valence-corrected chi connectivity index (χ1v) is 22.6. The number of hydrogen-bond acceptors (Lipinski definition) is 7. The van der Waals surface area contributed by atoms with Crippen molar-refractivity contribution < 1.29 is 33.9 Å². The first-order chi connectivity index (χ1) is 32.7. The first-order valence-electron chi connectivity index (χ1n) is 22.6. The summed E-state index contributed by atoms with van der Waals surface area (Å²) in [6, 6.07) is 54.5. The van der Waals surface area contributed by atoms with E-state index in [-0.39, 0.29) is 11.5 Å². The van der Waals surface area contributed by atoms with Crippen LogP contribution in [0.5, 0.6) is 28.7 Å². The van der Waals surface area contributed by atoms with Crippen molar-refractivity contribution in [1.29, 1.82) is 0 Å². The average molecular weight is 895 g/mol. The highest BCUT2D eigenvalue weighted by Crippen LogP contribution is 2.38. The molecular formula is C58H58N2O7. The van der Waals surface area contributed by atoms with Crippen molar-refractivity contribution in [1.82, 2.24) is 9.13 Å². The highest BCUT2D eigenvalue weighted by molar-refractivity contribution is 5.93. The molecule has 0 spiro atoms. The second-order valence-electron chi connectivity index (χ2n) is 16.7. The third-order valence-electron chi connectivity index (χ3n) is 11.9. The van der Waals surface area contributed by atoms with Crippen LogP contribution in [0, 0.1) is 20.8 Å². The van der Waals surface area contributed by atoms with Gasteiger partial charge in [0.15, 0.2) is 0 Å². The van der Waals surface area contributed by atoms with Gasteiger partial charge in [0.25, 0.3) is 0 Å². The SMILES string of the molecule is COCCOc1ccc(Cn2c(-c3ccc(O)cc3)c(C)c3cc(O)ccc32)cc1.COCCOc1ccc(Cn2c(-c3ccc(OCc4ccccc4)cc3)c(C)c3cc(C)ccc32)cc1. The van der Waals surface area contributed by atoms with Gasteiger partial charge in [0.1, 0.15) is 48.6 Å². The summed E-state index contributed by atoms with van der Waals surface area (Å²) in [5, 5.41) is 22.0. The van der Waals surface area contributed by atoms with Crippen molar-refractivity contribution in [3.63, 3.8) is 0 Å². The molecule has 0 bridgehead atoms. The van der Waals surface area contributed by atoms with Crippen LogP contribution in [0.15, 0.2) is 164 Å². The van der Waals surface area contributed by atoms with E-state index >= 15 is 0 Å². The summed E-state index contributed by atoms with van der Waals surface area (Å²) in [7, 11) is 3.33. The molecule has 2 aromatic heterocycles. The Morgan fingerprint density at radius 3 is 1.39 bits per heavy atom. The van der Waals surface area contributed by atoms with Crippen LogP contribution in [0.2, 0.25) is 0 Å². The van der Waals surface area contributed by atoms with Gasteiger partial charge < -0.3 is 43.0 Å². The molecule has 67 heavy (non-hydrogen) atoms. The Kier molecular flexibility index (Phi) is 14.9. The van der Waals surface area contributed by atoms with Crippen LogP contribution >= 0.6 is 0 Å². The molecule has 0 amide bonds. The molecule has 2 heterocycles. The summed E-state index contributed by atoms with van der Waals surface area (Å²) in [5.41, 5.74) is 13.9. The van der Waals surface area contributed by atoms with Gasteiger partial charge in [0.05, 0.1) is 24.6 Å². The number of phenols is 2. The lowest BCUT2D eigenvalue weighted by Crippen LogP contribution is -2.05. The monoisotopic (exact) mass is 894 g/mol. The van der Waals surface area contributed by atoms with Gasteiger partial charge in [0, 0.05) is 49.1 Å². The molecule has 0 aliphatic carbocycles. The summed E-state index contributed by atoms with van der Waals surface area (Å²) < 4.78 is 32.2. The molecular weight excluding hydrogens is 837 g/mol. The van der Waals surface area contributed by atoms with E-state index in [0.717, 1.165) is 62.6 Å². The number of hydrogen-bond donors (Lipinski definition) is 2. The number of aromatic nitrogens is 2. The maximum absolute atomic E-state index is 10.0. The standard InChI is InChI=1S/C33H33NO3.C25H25NO4/c1-24-9-18-32-31(21-24)25(2)33(34(32)22-26-10-14-29(15-11-26)36-20-19-35-3)28-12-16-30(17-13-28)37-23-27-7-5-4-6-8-27;1-17-23-15-21(28)9-12-24(23)26(25(17)19-5-7-20(27)8-6-19)16-18-3-10-22(11-4-18)30-14-13-29-2/h4-18,21H,19-20,22-23H2,1-3H3;3-12,15,27-28H,13-14,16H2,1-2H3. The van der Waals surface area contributed by atoms with Crippen LogP contribution in [0.4, 0.5) is 0 Å². The fourth-order valence-corrected chi connectivity index (χ4v) is 8.52. The van der Waals surface area contributed by atoms with E-state index in [1.807, 2.05) is 60.7 Å². The van der Waals surface area contributed by atoms with Crippen molar-refractivity contribution in [2.75, 3.05) is 40.6 Å². The summed E-state index contributed by atoms with van der Waals surface area (Å²) in [6.07, 6.45) is 0. The van der Waals surface area contributed by atoms with Crippen LogP contribution in [-0.2, 0) is 29.2 Å². The molecule has 0 saturated carbocycles. The number of aryl methyl sites for hydroxylation is 3. The number of aromatic hydroxyl groups is 2. The molecule has 0 unspecified atom stereocenters. The van der Waals surface area contributed by atoms with E-state index in [1.165, 1.54) is 38.9 Å². The number of phenolic OH excluding ortho intramolecular Hbond substituents is 2. The molecule has 9 heteroatoms. The molecule has 0 aliphatic heterocycles. The number of ether oxygens (including phenoxy) is 5. The van der Waals surface area contributed by atoms with Crippen LogP contribution in [0.1, 0.15) is 33.4 Å². The number of nitrogens with zero attached hydrogens (tertiary/aromatic N) is 2. The zero-order valence-corrected chi connectivity index (χ0v) is 38.9. The second-order valence-corrected chi connectivity index (χ2v) is 16.7. The van der Waals surface area contributed by atoms with Crippen molar-refractivity contribution in [3.8, 4) is 51.3 Å². The summed E-state index contributed by atoms with van der Waals surface area (Å²) >= 11 is 0. The van der Waals surface area contributed by atoms with Gasteiger partial charge in [-0.05, 0) is 163 Å². The van der Waals surface area contributed by atoms with Crippen LogP contribution in [0.25, 0.3) is 44.3 Å². The predicted molar refractivity (Wildman–Crippen MR) is 269 cm³/mol. The normalized spacial score (nSPS) is 11.1. The van der Waals surface area contributed by atoms with Gasteiger partial charge in [-0.1, -0.05) is 66.2 Å². The maximum Gasteiger partial charge on any atom is 0.119 e. The lowest BCUT2D eigenvalue weighted by atomic mass is 10.1. The molecule has 7 aromatic carbocycles. The van der Waals surface area contributed by atoms with Crippen molar-refractivity contribution >= 4 is 21.8 Å². The maximum atomic E-state index is 10.0. The lowest BCUT2D eigenvalue weighted by Gasteiger charge is -2.14. The topological polar surface area (TPSA) is 96.5 Å². The predicted octanol–water partition coefficient (Wildman–Crippen LogP) is 12.7. The minimum Gasteiger partial charge on any atom is -0.508 e. The van der Waals surface area contributed by atoms with E-state index in [4.69, 9.17) is 23.7 Å². The quantitative estimate of drug-likeness (QED) is 0.0879. The van der Waals surface area contributed by atoms with E-state index < -0.39 is 0 Å². The Labute approximate surface area is 393 Å². The van der Waals surface area contributed by atoms with E-state index in [9.17, 15) is 10.2 Å². The van der Waals surface area contributed by atoms with Gasteiger partial charge in [-0.3, -0.25) is 0 Å². The third kappa shape index (κ3) is 11.2. The van der Waals surface area contributed by atoms with Crippen LogP contribution in [0.3, 0.4) is 0 Å². The van der Waals surface area contributed by atoms with Gasteiger partial charge >= 0.3 is 0 Å². The average Bonchev–Trinajstić information content (AvgIpc) is 3.77. The zero-order valence-electron chi connectivity index (χ0n) is 38.9. The third-order valence-corrected chi connectivity index (χ3v) is 11.9. The molecule has 0 radical (unpaired) electrons. The van der Waals surface area contributed by atoms with Gasteiger partial charge in [0.2, 0.25) is 0 Å². The first kappa shape index (κ1) is 46.1. The lowest BCUT2D eigenvalue weighted by molar-refractivity contribution is 0.146. The Bertz CT molecular complexity index is 3010. The largest absolute Gasteiger partial charge is 0.508 e. The second kappa shape index (κ2) is 21.7. The molecule has 342 valence electrons. The van der Waals surface area contributed by atoms with Gasteiger partial charge in [-0.15, -0.1) is 0 Å². The van der Waals surface area contributed by atoms with Crippen LogP contribution < -0.4 is 14.2 Å². The van der Waals surface area contributed by atoms with E-state index in [0.29, 0.717) is 39.6 Å². The highest BCUT2D eigenvalue weighted by Gasteiger charge is 2.19. The molecule has 2 N–H and O–H groups in total. The minimum absolute atomic E-state index is 0.237. The number of rotatable bonds is 17. The van der Waals surface area contributed by atoms with Crippen LogP contribution in [-0.4, -0.2) is 60.0 Å². The van der Waals surface area contributed by atoms with E-state index in [2.05, 4.69) is 109 Å². The molecule has 9 aromatic rings. The summed E-state index contributed by atoms with van der Waals surface area (Å²) in [5.74, 6) is 3.02.